The molecule has 0 radical (unpaired) electrons. The van der Waals surface area contributed by atoms with E-state index in [1.807, 2.05) is 48.5 Å². The second-order valence-electron chi connectivity index (χ2n) is 5.53. The van der Waals surface area contributed by atoms with Crippen LogP contribution in [0.1, 0.15) is 15.9 Å². The van der Waals surface area contributed by atoms with E-state index in [0.29, 0.717) is 16.8 Å². The van der Waals surface area contributed by atoms with Crippen molar-refractivity contribution in [2.45, 2.75) is 4.90 Å². The smallest absolute Gasteiger partial charge is 0.255 e. The molecule has 5 heteroatoms. The third kappa shape index (κ3) is 4.38. The Morgan fingerprint density at radius 1 is 0.885 bits per heavy atom. The van der Waals surface area contributed by atoms with E-state index in [4.69, 9.17) is 5.26 Å². The van der Waals surface area contributed by atoms with Crippen LogP contribution in [0.2, 0.25) is 0 Å². The van der Waals surface area contributed by atoms with Crippen molar-refractivity contribution in [2.24, 2.45) is 0 Å². The summed E-state index contributed by atoms with van der Waals surface area (Å²) in [5.74, 6) is 3.95. The minimum atomic E-state index is -0.363. The fraction of sp³-hybridized carbons (Fsp3) is 0. The van der Waals surface area contributed by atoms with Crippen LogP contribution in [0.4, 0.5) is 11.4 Å². The first-order valence-corrected chi connectivity index (χ1v) is 9.32. The zero-order valence-electron chi connectivity index (χ0n) is 14.0. The minimum Gasteiger partial charge on any atom is -0.332 e. The first-order chi connectivity index (χ1) is 12.7. The maximum atomic E-state index is 12.3. The molecule has 0 aliphatic rings. The molecule has 1 atom stereocenters. The Hall–Kier alpha value is -3.36. The van der Waals surface area contributed by atoms with Crippen LogP contribution >= 0.6 is 10.7 Å². The molecule has 0 saturated heterocycles. The summed E-state index contributed by atoms with van der Waals surface area (Å²) in [7, 11) is -0.363. The molecule has 1 amide bonds. The number of nitrogens with one attached hydrogen (secondary N) is 2. The molecule has 2 N–H and O–H groups in total. The molecule has 0 aliphatic carbocycles. The van der Waals surface area contributed by atoms with Crippen molar-refractivity contribution < 1.29 is 4.79 Å². The minimum absolute atomic E-state index is 0.196. The predicted molar refractivity (Wildman–Crippen MR) is 109 cm³/mol. The summed E-state index contributed by atoms with van der Waals surface area (Å²) in [5.41, 5.74) is 2.67. The van der Waals surface area contributed by atoms with Gasteiger partial charge in [-0.3, -0.25) is 4.79 Å². The van der Waals surface area contributed by atoms with Crippen LogP contribution in [0.25, 0.3) is 0 Å². The van der Waals surface area contributed by atoms with E-state index >= 15 is 0 Å². The van der Waals surface area contributed by atoms with Crippen LogP contribution in [0, 0.1) is 11.3 Å². The van der Waals surface area contributed by atoms with Crippen LogP contribution in [-0.4, -0.2) is 11.8 Å². The van der Waals surface area contributed by atoms with E-state index in [0.717, 1.165) is 10.6 Å². The second-order valence-corrected chi connectivity index (χ2v) is 6.98. The number of amides is 1. The first-order valence-electron chi connectivity index (χ1n) is 7.93. The van der Waals surface area contributed by atoms with Gasteiger partial charge in [0.05, 0.1) is 11.6 Å². The van der Waals surface area contributed by atoms with Crippen molar-refractivity contribution in [1.82, 2.24) is 0 Å². The molecule has 4 nitrogen and oxygen atoms in total. The number of benzene rings is 3. The van der Waals surface area contributed by atoms with Crippen molar-refractivity contribution >= 4 is 33.8 Å². The van der Waals surface area contributed by atoms with Gasteiger partial charge in [0, 0.05) is 21.8 Å². The van der Waals surface area contributed by atoms with Gasteiger partial charge in [-0.15, -0.1) is 0 Å². The van der Waals surface area contributed by atoms with E-state index in [1.165, 1.54) is 0 Å². The van der Waals surface area contributed by atoms with E-state index in [9.17, 15) is 4.79 Å². The van der Waals surface area contributed by atoms with Gasteiger partial charge in [-0.1, -0.05) is 34.7 Å². The van der Waals surface area contributed by atoms with Crippen LogP contribution in [0.15, 0.2) is 83.8 Å². The lowest BCUT2D eigenvalue weighted by Gasteiger charge is -2.12. The highest BCUT2D eigenvalue weighted by atomic mass is 32.2. The number of hydrogen-bond donors (Lipinski definition) is 2. The maximum Gasteiger partial charge on any atom is 0.255 e. The third-order valence-electron chi connectivity index (χ3n) is 3.69. The maximum absolute atomic E-state index is 12.3. The van der Waals surface area contributed by atoms with Gasteiger partial charge in [-0.25, -0.2) is 0 Å². The van der Waals surface area contributed by atoms with Gasteiger partial charge in [0.25, 0.3) is 5.91 Å². The fourth-order valence-electron chi connectivity index (χ4n) is 2.31. The van der Waals surface area contributed by atoms with Crippen molar-refractivity contribution in [3.8, 4) is 6.07 Å². The molecule has 3 rings (SSSR count). The summed E-state index contributed by atoms with van der Waals surface area (Å²) in [6.45, 7) is 0. The summed E-state index contributed by atoms with van der Waals surface area (Å²) in [5, 5.41) is 11.6. The summed E-state index contributed by atoms with van der Waals surface area (Å²) in [6, 6.07) is 26.1. The number of nitriles is 1. The molecule has 0 heterocycles. The van der Waals surface area contributed by atoms with Crippen molar-refractivity contribution in [3.63, 3.8) is 0 Å². The zero-order valence-corrected chi connectivity index (χ0v) is 14.8. The Labute approximate surface area is 155 Å². The monoisotopic (exact) mass is 359 g/mol. The number of carbonyl (C=O) groups excluding carboxylic acids is 1. The molecular weight excluding hydrogens is 342 g/mol. The highest BCUT2D eigenvalue weighted by Crippen LogP contribution is 2.26. The Bertz CT molecular complexity index is 959. The predicted octanol–water partition coefficient (Wildman–Crippen LogP) is 4.90. The number of nitrogens with zero attached hydrogens (tertiary/aromatic N) is 1. The Morgan fingerprint density at radius 2 is 1.50 bits per heavy atom. The highest BCUT2D eigenvalue weighted by Gasteiger charge is 2.06. The van der Waals surface area contributed by atoms with E-state index in [2.05, 4.69) is 15.9 Å². The fourth-order valence-corrected chi connectivity index (χ4v) is 3.33. The molecule has 0 bridgehead atoms. The molecular formula is C21H17N3OS. The lowest BCUT2D eigenvalue weighted by atomic mass is 10.2. The van der Waals surface area contributed by atoms with Crippen LogP contribution in [0.5, 0.6) is 0 Å². The average Bonchev–Trinajstić information content (AvgIpc) is 2.69. The Morgan fingerprint density at radius 3 is 2.12 bits per heavy atom. The van der Waals surface area contributed by atoms with Gasteiger partial charge < -0.3 is 10.0 Å². The van der Waals surface area contributed by atoms with Crippen LogP contribution in [-0.2, 0) is 0 Å². The van der Waals surface area contributed by atoms with E-state index in [-0.39, 0.29) is 16.6 Å². The van der Waals surface area contributed by atoms with E-state index < -0.39 is 0 Å². The first kappa shape index (κ1) is 17.5. The van der Waals surface area contributed by atoms with Gasteiger partial charge in [0.1, 0.15) is 0 Å². The van der Waals surface area contributed by atoms with Gasteiger partial charge in [-0.05, 0) is 60.7 Å². The summed E-state index contributed by atoms with van der Waals surface area (Å²) in [4.78, 5) is 13.4. The van der Waals surface area contributed by atoms with Crippen LogP contribution in [0.3, 0.4) is 0 Å². The van der Waals surface area contributed by atoms with Crippen molar-refractivity contribution in [1.29, 1.82) is 5.26 Å². The molecule has 3 aromatic rings. The Balaban J connectivity index is 1.64. The molecule has 0 aromatic heterocycles. The molecule has 0 fully saturated rings. The highest BCUT2D eigenvalue weighted by molar-refractivity contribution is 8.15. The van der Waals surface area contributed by atoms with Gasteiger partial charge in [-0.2, -0.15) is 5.26 Å². The molecule has 0 spiro atoms. The standard InChI is InChI=1S/C21H17N3OS/c1-26(20-5-3-2-4-6-20)24-19-13-9-17(10-14-19)21(25)23-18-11-7-16(15-22)8-12-18/h2-14,24H,1H2,(H,23,25). The van der Waals surface area contributed by atoms with E-state index in [1.54, 1.807) is 36.4 Å². The summed E-state index contributed by atoms with van der Waals surface area (Å²) in [6.07, 6.45) is 0. The SMILES string of the molecule is C=S(Nc1ccc(C(=O)Nc2ccc(C#N)cc2)cc1)c1ccccc1. The lowest BCUT2D eigenvalue weighted by molar-refractivity contribution is 0.102. The average molecular weight is 359 g/mol. The zero-order chi connectivity index (χ0) is 18.4. The number of carbonyl (C=O) groups is 1. The largest absolute Gasteiger partial charge is 0.332 e. The van der Waals surface area contributed by atoms with Gasteiger partial charge in [0.2, 0.25) is 0 Å². The normalized spacial score (nSPS) is 11.2. The van der Waals surface area contributed by atoms with Crippen molar-refractivity contribution in [3.05, 3.63) is 90.0 Å². The summed E-state index contributed by atoms with van der Waals surface area (Å²) < 4.78 is 3.34. The number of rotatable bonds is 5. The lowest BCUT2D eigenvalue weighted by Crippen LogP contribution is -2.11. The summed E-state index contributed by atoms with van der Waals surface area (Å²) >= 11 is 0. The van der Waals surface area contributed by atoms with Crippen LogP contribution < -0.4 is 10.0 Å². The molecule has 0 aliphatic heterocycles. The molecule has 3 aromatic carbocycles. The topological polar surface area (TPSA) is 64.9 Å². The third-order valence-corrected chi connectivity index (χ3v) is 5.01. The molecule has 1 unspecified atom stereocenters. The second kappa shape index (κ2) is 8.15. The van der Waals surface area contributed by atoms with Crippen molar-refractivity contribution in [2.75, 3.05) is 10.0 Å². The Kier molecular flexibility index (Phi) is 5.47. The number of anilines is 2. The molecule has 0 saturated carbocycles. The quantitative estimate of drug-likeness (QED) is 0.637. The molecule has 128 valence electrons. The number of hydrogen-bond acceptors (Lipinski definition) is 3. The molecule has 26 heavy (non-hydrogen) atoms. The van der Waals surface area contributed by atoms with Gasteiger partial charge in [0.15, 0.2) is 0 Å². The van der Waals surface area contributed by atoms with Gasteiger partial charge >= 0.3 is 0 Å².